The molecule has 2 fully saturated rings. The van der Waals surface area contributed by atoms with E-state index >= 15 is 0 Å². The maximum Gasteiger partial charge on any atom is 0.280 e. The highest BCUT2D eigenvalue weighted by Crippen LogP contribution is 2.37. The Hall–Kier alpha value is -4.43. The van der Waals surface area contributed by atoms with Gasteiger partial charge in [-0.2, -0.15) is 13.5 Å². The number of hydrogen-bond donors (Lipinski definition) is 2. The highest BCUT2D eigenvalue weighted by atomic mass is 32.1. The molecule has 1 unspecified atom stereocenters. The average Bonchev–Trinajstić information content (AvgIpc) is 3.55. The number of nitrogens with one attached hydrogen (secondary N) is 1. The van der Waals surface area contributed by atoms with Crippen LogP contribution < -0.4 is 21.3 Å². The SMILES string of the molecule is S.[2H]C(O)c1c(-c2cc(Nc3ccc(N4CCN(C5COC5)C[C@@H]4C)cn3)c(=O)n(C)c2)ccnc1-n1ccn2c3c(cc2c1=O)CC(C)(C)C3. The lowest BCUT2D eigenvalue weighted by molar-refractivity contribution is -0.0691. The molecule has 3 aliphatic rings. The number of ether oxygens (including phenoxy) is 1. The minimum atomic E-state index is -1.71. The molecule has 13 heteroatoms. The molecule has 262 valence electrons. The van der Waals surface area contributed by atoms with Crippen molar-refractivity contribution in [1.82, 2.24) is 28.4 Å². The number of aromatic nitrogens is 5. The van der Waals surface area contributed by atoms with Crippen LogP contribution in [0.15, 0.2) is 70.9 Å². The molecule has 12 nitrogen and oxygen atoms in total. The lowest BCUT2D eigenvalue weighted by Crippen LogP contribution is -2.59. The van der Waals surface area contributed by atoms with Crippen LogP contribution >= 0.6 is 13.5 Å². The van der Waals surface area contributed by atoms with Gasteiger partial charge in [-0.3, -0.25) is 19.1 Å². The van der Waals surface area contributed by atoms with Crippen molar-refractivity contribution in [2.75, 3.05) is 43.1 Å². The van der Waals surface area contributed by atoms with Crippen LogP contribution in [0.2, 0.25) is 0 Å². The van der Waals surface area contributed by atoms with Gasteiger partial charge in [0.05, 0.1) is 39.1 Å². The van der Waals surface area contributed by atoms with E-state index in [9.17, 15) is 14.7 Å². The van der Waals surface area contributed by atoms with Gasteiger partial charge >= 0.3 is 0 Å². The maximum atomic E-state index is 13.9. The van der Waals surface area contributed by atoms with Crippen LogP contribution in [0.1, 0.15) is 39.0 Å². The maximum absolute atomic E-state index is 13.9. The first-order valence-corrected chi connectivity index (χ1v) is 16.8. The lowest BCUT2D eigenvalue weighted by Gasteiger charge is -2.46. The largest absolute Gasteiger partial charge is 0.392 e. The number of nitrogens with zero attached hydrogens (tertiary/aromatic N) is 7. The molecule has 0 saturated carbocycles. The average molecular weight is 698 g/mol. The fourth-order valence-electron chi connectivity index (χ4n) is 7.71. The minimum Gasteiger partial charge on any atom is -0.392 e. The zero-order valence-corrected chi connectivity index (χ0v) is 29.8. The van der Waals surface area contributed by atoms with E-state index in [4.69, 9.17) is 6.11 Å². The van der Waals surface area contributed by atoms with E-state index in [1.54, 1.807) is 37.8 Å². The number of aliphatic hydroxyl groups excluding tert-OH is 1. The van der Waals surface area contributed by atoms with Gasteiger partial charge in [-0.05, 0) is 66.6 Å². The summed E-state index contributed by atoms with van der Waals surface area (Å²) in [5, 5.41) is 14.0. The second kappa shape index (κ2) is 13.0. The fourth-order valence-corrected chi connectivity index (χ4v) is 7.71. The van der Waals surface area contributed by atoms with E-state index in [1.165, 1.54) is 9.13 Å². The van der Waals surface area contributed by atoms with Crippen molar-refractivity contribution in [1.29, 1.82) is 0 Å². The van der Waals surface area contributed by atoms with E-state index in [0.29, 0.717) is 34.5 Å². The zero-order valence-electron chi connectivity index (χ0n) is 29.8. The summed E-state index contributed by atoms with van der Waals surface area (Å²) in [5.74, 6) is 0.676. The minimum absolute atomic E-state index is 0. The van der Waals surface area contributed by atoms with Crippen LogP contribution in [0.5, 0.6) is 0 Å². The molecule has 2 atom stereocenters. The van der Waals surface area contributed by atoms with Crippen LogP contribution in [0, 0.1) is 5.41 Å². The second-order valence-corrected chi connectivity index (χ2v) is 14.4. The molecule has 5 aromatic rings. The molecular weight excluding hydrogens is 653 g/mol. The number of piperazine rings is 1. The summed E-state index contributed by atoms with van der Waals surface area (Å²) >= 11 is 0. The number of fused-ring (bicyclic) bond motifs is 3. The van der Waals surface area contributed by atoms with E-state index in [0.717, 1.165) is 62.6 Å². The van der Waals surface area contributed by atoms with Crippen LogP contribution in [-0.2, 0) is 31.2 Å². The third-order valence-corrected chi connectivity index (χ3v) is 10.3. The van der Waals surface area contributed by atoms with Crippen LogP contribution in [0.4, 0.5) is 17.2 Å². The summed E-state index contributed by atoms with van der Waals surface area (Å²) in [4.78, 5) is 41.1. The molecule has 0 amide bonds. The van der Waals surface area contributed by atoms with Crippen molar-refractivity contribution in [3.8, 4) is 16.9 Å². The predicted octanol–water partition coefficient (Wildman–Crippen LogP) is 3.63. The molecular formula is C37H44N8O4S. The first-order valence-electron chi connectivity index (χ1n) is 17.4. The summed E-state index contributed by atoms with van der Waals surface area (Å²) in [6, 6.07) is 10.0. The van der Waals surface area contributed by atoms with Crippen molar-refractivity contribution < 1.29 is 11.2 Å². The molecule has 50 heavy (non-hydrogen) atoms. The molecule has 0 radical (unpaired) electrons. The standard InChI is InChI=1S/C37H42N8O4.H2S/c1-23-18-42(27-21-49-22-27)9-10-43(23)26-5-6-33(39-17-26)40-30-13-25(19-41(4)35(30)47)28-7-8-38-34(29(28)20-46)45-12-11-44-31(36(45)48)14-24-15-37(2,3)16-32(24)44;/h5-8,11-14,17,19,23,27,46H,9-10,15-16,18,20-22H2,1-4H3,(H,39,40);1H2/t23-;/m0./s1/i20D;/t20?,23-;. The molecule has 5 aromatic heterocycles. The third kappa shape index (κ3) is 5.91. The van der Waals surface area contributed by atoms with Gasteiger partial charge in [0.2, 0.25) is 0 Å². The Morgan fingerprint density at radius 3 is 2.60 bits per heavy atom. The summed E-state index contributed by atoms with van der Waals surface area (Å²) in [6.07, 6.45) is 10.3. The first kappa shape index (κ1) is 32.8. The number of aliphatic hydroxyl groups is 1. The second-order valence-electron chi connectivity index (χ2n) is 14.4. The Labute approximate surface area is 298 Å². The van der Waals surface area contributed by atoms with E-state index in [1.807, 2.05) is 35.0 Å². The van der Waals surface area contributed by atoms with Gasteiger partial charge in [-0.1, -0.05) is 13.8 Å². The van der Waals surface area contributed by atoms with Crippen LogP contribution in [-0.4, -0.2) is 78.4 Å². The Morgan fingerprint density at radius 2 is 1.90 bits per heavy atom. The highest BCUT2D eigenvalue weighted by molar-refractivity contribution is 7.59. The predicted molar refractivity (Wildman–Crippen MR) is 199 cm³/mol. The molecule has 8 rings (SSSR count). The van der Waals surface area contributed by atoms with Crippen molar-refractivity contribution in [3.63, 3.8) is 0 Å². The first-order chi connectivity index (χ1) is 24.0. The molecule has 1 aliphatic carbocycles. The number of anilines is 3. The fraction of sp³-hybridized carbons (Fsp3) is 0.405. The molecule has 2 aliphatic heterocycles. The lowest BCUT2D eigenvalue weighted by atomic mass is 9.90. The normalized spacial score (nSPS) is 19.8. The third-order valence-electron chi connectivity index (χ3n) is 10.3. The number of pyridine rings is 3. The van der Waals surface area contributed by atoms with E-state index in [2.05, 4.69) is 45.9 Å². The quantitative estimate of drug-likeness (QED) is 0.263. The van der Waals surface area contributed by atoms with Crippen LogP contribution in [0.25, 0.3) is 22.5 Å². The number of aryl methyl sites for hydroxylation is 1. The smallest absolute Gasteiger partial charge is 0.280 e. The van der Waals surface area contributed by atoms with Gasteiger partial charge in [-0.15, -0.1) is 0 Å². The van der Waals surface area contributed by atoms with Gasteiger partial charge < -0.3 is 29.0 Å². The number of rotatable bonds is 7. The monoisotopic (exact) mass is 697 g/mol. The summed E-state index contributed by atoms with van der Waals surface area (Å²) in [7, 11) is 1.65. The summed E-state index contributed by atoms with van der Waals surface area (Å²) in [6.45, 7) is 9.44. The van der Waals surface area contributed by atoms with E-state index < -0.39 is 6.58 Å². The van der Waals surface area contributed by atoms with Gasteiger partial charge in [0.1, 0.15) is 22.8 Å². The van der Waals surface area contributed by atoms with Crippen molar-refractivity contribution in [2.24, 2.45) is 12.5 Å². The van der Waals surface area contributed by atoms with Gasteiger partial charge in [0.25, 0.3) is 11.1 Å². The molecule has 0 aromatic carbocycles. The Balaban J connectivity index is 0.00000406. The molecule has 7 heterocycles. The van der Waals surface area contributed by atoms with Crippen molar-refractivity contribution in [2.45, 2.75) is 52.3 Å². The topological polar surface area (TPSA) is 122 Å². The summed E-state index contributed by atoms with van der Waals surface area (Å²) < 4.78 is 18.6. The Bertz CT molecular complexity index is 2230. The molecule has 2 saturated heterocycles. The van der Waals surface area contributed by atoms with Gasteiger partial charge in [0.15, 0.2) is 0 Å². The Morgan fingerprint density at radius 1 is 1.08 bits per heavy atom. The number of hydrogen-bond acceptors (Lipinski definition) is 9. The van der Waals surface area contributed by atoms with Crippen molar-refractivity contribution >= 4 is 36.2 Å². The molecule has 0 spiro atoms. The summed E-state index contributed by atoms with van der Waals surface area (Å²) in [5.41, 5.74) is 4.92. The molecule has 2 N–H and O–H groups in total. The Kier molecular flexibility index (Phi) is 8.54. The molecule has 0 bridgehead atoms. The highest BCUT2D eigenvalue weighted by Gasteiger charge is 2.33. The van der Waals surface area contributed by atoms with Gasteiger partial charge in [0, 0.05) is 74.3 Å². The zero-order chi connectivity index (χ0) is 34.9. The van der Waals surface area contributed by atoms with Crippen molar-refractivity contribution in [3.05, 3.63) is 98.8 Å². The van der Waals surface area contributed by atoms with E-state index in [-0.39, 0.29) is 47.1 Å². The van der Waals surface area contributed by atoms with Crippen LogP contribution in [0.3, 0.4) is 0 Å². The van der Waals surface area contributed by atoms with Gasteiger partial charge in [-0.25, -0.2) is 9.97 Å².